The van der Waals surface area contributed by atoms with Gasteiger partial charge in [-0.3, -0.25) is 4.79 Å². The van der Waals surface area contributed by atoms with Crippen LogP contribution in [0, 0.1) is 0 Å². The molecular weight excluding hydrogens is 288 g/mol. The zero-order chi connectivity index (χ0) is 15.5. The van der Waals surface area contributed by atoms with Gasteiger partial charge >= 0.3 is 0 Å². The van der Waals surface area contributed by atoms with E-state index >= 15 is 0 Å². The molecule has 2 aromatic carbocycles. The Bertz CT molecular complexity index is 788. The number of aryl methyl sites for hydroxylation is 1. The molecule has 4 rings (SSSR count). The van der Waals surface area contributed by atoms with E-state index in [0.717, 1.165) is 23.1 Å². The number of rotatable bonds is 2. The molecule has 2 aliphatic carbocycles. The molecule has 0 spiro atoms. The van der Waals surface area contributed by atoms with Gasteiger partial charge in [0.2, 0.25) is 0 Å². The second-order valence-electron chi connectivity index (χ2n) is 7.20. The molecule has 1 unspecified atom stereocenters. The van der Waals surface area contributed by atoms with Gasteiger partial charge < -0.3 is 4.43 Å². The van der Waals surface area contributed by atoms with Gasteiger partial charge in [-0.05, 0) is 42.8 Å². The number of carbonyl (C=O) groups is 1. The van der Waals surface area contributed by atoms with Crippen LogP contribution in [0.1, 0.15) is 23.1 Å². The highest BCUT2D eigenvalue weighted by Gasteiger charge is 2.54. The Morgan fingerprint density at radius 1 is 0.955 bits per heavy atom. The normalized spacial score (nSPS) is 22.4. The SMILES string of the molecule is C[Si](C)(C)OC12C(=O)CCc3cccc(c31)-c1ccccc12. The Hall–Kier alpha value is -1.71. The lowest BCUT2D eigenvalue weighted by molar-refractivity contribution is -0.133. The van der Waals surface area contributed by atoms with Crippen LogP contribution in [0.3, 0.4) is 0 Å². The predicted molar refractivity (Wildman–Crippen MR) is 90.4 cm³/mol. The van der Waals surface area contributed by atoms with E-state index in [2.05, 4.69) is 50.0 Å². The van der Waals surface area contributed by atoms with Crippen molar-refractivity contribution in [2.45, 2.75) is 38.1 Å². The quantitative estimate of drug-likeness (QED) is 0.774. The molecule has 2 aromatic rings. The van der Waals surface area contributed by atoms with Gasteiger partial charge in [0, 0.05) is 17.5 Å². The van der Waals surface area contributed by atoms with Gasteiger partial charge in [-0.15, -0.1) is 0 Å². The van der Waals surface area contributed by atoms with Gasteiger partial charge in [0.1, 0.15) is 0 Å². The number of ketones is 1. The van der Waals surface area contributed by atoms with E-state index in [0.29, 0.717) is 6.42 Å². The van der Waals surface area contributed by atoms with Gasteiger partial charge in [0.25, 0.3) is 0 Å². The van der Waals surface area contributed by atoms with Crippen LogP contribution in [0.4, 0.5) is 0 Å². The zero-order valence-corrected chi connectivity index (χ0v) is 14.3. The smallest absolute Gasteiger partial charge is 0.186 e. The van der Waals surface area contributed by atoms with E-state index in [9.17, 15) is 4.79 Å². The molecule has 2 aliphatic rings. The lowest BCUT2D eigenvalue weighted by atomic mass is 9.77. The highest BCUT2D eigenvalue weighted by atomic mass is 28.4. The van der Waals surface area contributed by atoms with Gasteiger partial charge in [-0.25, -0.2) is 0 Å². The van der Waals surface area contributed by atoms with Crippen molar-refractivity contribution in [3.63, 3.8) is 0 Å². The summed E-state index contributed by atoms with van der Waals surface area (Å²) >= 11 is 0. The average Bonchev–Trinajstić information content (AvgIpc) is 2.75. The molecule has 0 aromatic heterocycles. The first-order valence-corrected chi connectivity index (χ1v) is 11.3. The van der Waals surface area contributed by atoms with Crippen molar-refractivity contribution in [3.05, 3.63) is 59.2 Å². The fourth-order valence-electron chi connectivity index (χ4n) is 3.94. The average molecular weight is 308 g/mol. The van der Waals surface area contributed by atoms with Crippen molar-refractivity contribution < 1.29 is 9.22 Å². The third kappa shape index (κ3) is 1.72. The summed E-state index contributed by atoms with van der Waals surface area (Å²) < 4.78 is 6.62. The maximum atomic E-state index is 13.1. The number of Topliss-reactive ketones (excluding diaryl/α,β-unsaturated/α-hetero) is 1. The lowest BCUT2D eigenvalue weighted by Crippen LogP contribution is -2.48. The van der Waals surface area contributed by atoms with E-state index in [1.54, 1.807) is 0 Å². The second-order valence-corrected chi connectivity index (χ2v) is 11.6. The summed E-state index contributed by atoms with van der Waals surface area (Å²) in [6, 6.07) is 14.6. The van der Waals surface area contributed by atoms with Crippen molar-refractivity contribution in [3.8, 4) is 11.1 Å². The first-order valence-electron chi connectivity index (χ1n) is 7.89. The summed E-state index contributed by atoms with van der Waals surface area (Å²) in [5, 5.41) is 0. The van der Waals surface area contributed by atoms with E-state index in [4.69, 9.17) is 4.43 Å². The highest BCUT2D eigenvalue weighted by molar-refractivity contribution is 6.70. The van der Waals surface area contributed by atoms with Gasteiger partial charge in [0.05, 0.1) is 0 Å². The minimum atomic E-state index is -1.90. The number of hydrogen-bond acceptors (Lipinski definition) is 2. The number of benzene rings is 2. The van der Waals surface area contributed by atoms with Gasteiger partial charge in [-0.1, -0.05) is 42.5 Å². The standard InChI is InChI=1S/C19H20O2Si/c1-22(2,3)21-19-16-10-5-4-8-14(16)15-9-6-7-13(18(15)19)11-12-17(19)20/h4-10H,11-12H2,1-3H3. The molecule has 0 fully saturated rings. The monoisotopic (exact) mass is 308 g/mol. The topological polar surface area (TPSA) is 26.3 Å². The fraction of sp³-hybridized carbons (Fsp3) is 0.316. The molecule has 0 saturated carbocycles. The molecule has 0 amide bonds. The van der Waals surface area contributed by atoms with Crippen LogP contribution < -0.4 is 0 Å². The highest BCUT2D eigenvalue weighted by Crippen LogP contribution is 2.54. The third-order valence-electron chi connectivity index (χ3n) is 4.57. The minimum Gasteiger partial charge on any atom is -0.398 e. The van der Waals surface area contributed by atoms with Crippen LogP contribution in [-0.2, 0) is 21.2 Å². The van der Waals surface area contributed by atoms with Crippen LogP contribution in [0.25, 0.3) is 11.1 Å². The van der Waals surface area contributed by atoms with Crippen LogP contribution in [0.15, 0.2) is 42.5 Å². The van der Waals surface area contributed by atoms with E-state index in [1.807, 2.05) is 12.1 Å². The predicted octanol–water partition coefficient (Wildman–Crippen LogP) is 4.28. The number of carbonyl (C=O) groups excluding carboxylic acids is 1. The Labute approximate surface area is 132 Å². The third-order valence-corrected chi connectivity index (χ3v) is 5.49. The Morgan fingerprint density at radius 2 is 1.68 bits per heavy atom. The van der Waals surface area contributed by atoms with Gasteiger partial charge in [0.15, 0.2) is 19.7 Å². The van der Waals surface area contributed by atoms with Crippen LogP contribution in [-0.4, -0.2) is 14.1 Å². The summed E-state index contributed by atoms with van der Waals surface area (Å²) in [6.45, 7) is 6.48. The molecule has 0 bridgehead atoms. The van der Waals surface area contributed by atoms with Crippen LogP contribution in [0.5, 0.6) is 0 Å². The molecular formula is C19H20O2Si. The molecule has 0 saturated heterocycles. The molecule has 3 heteroatoms. The molecule has 0 aliphatic heterocycles. The molecule has 0 heterocycles. The van der Waals surface area contributed by atoms with Crippen LogP contribution in [0.2, 0.25) is 19.6 Å². The van der Waals surface area contributed by atoms with E-state index < -0.39 is 13.9 Å². The van der Waals surface area contributed by atoms with Crippen molar-refractivity contribution >= 4 is 14.1 Å². The Morgan fingerprint density at radius 3 is 2.45 bits per heavy atom. The fourth-order valence-corrected chi connectivity index (χ4v) is 5.19. The van der Waals surface area contributed by atoms with E-state index in [-0.39, 0.29) is 5.78 Å². The summed E-state index contributed by atoms with van der Waals surface area (Å²) in [6.07, 6.45) is 1.39. The number of fused-ring (bicyclic) bond motifs is 3. The summed E-state index contributed by atoms with van der Waals surface area (Å²) in [4.78, 5) is 13.1. The largest absolute Gasteiger partial charge is 0.398 e. The first kappa shape index (κ1) is 13.9. The molecule has 0 N–H and O–H groups in total. The summed E-state index contributed by atoms with van der Waals surface area (Å²) in [7, 11) is -1.90. The minimum absolute atomic E-state index is 0.222. The first-order chi connectivity index (χ1) is 10.4. The molecule has 22 heavy (non-hydrogen) atoms. The maximum absolute atomic E-state index is 13.1. The molecule has 112 valence electrons. The second kappa shape index (κ2) is 4.40. The molecule has 0 radical (unpaired) electrons. The van der Waals surface area contributed by atoms with Crippen LogP contribution >= 0.6 is 0 Å². The lowest BCUT2D eigenvalue weighted by Gasteiger charge is -2.40. The summed E-state index contributed by atoms with van der Waals surface area (Å²) in [5.74, 6) is 0.222. The summed E-state index contributed by atoms with van der Waals surface area (Å²) in [5.41, 5.74) is 4.92. The van der Waals surface area contributed by atoms with Crippen molar-refractivity contribution in [2.24, 2.45) is 0 Å². The van der Waals surface area contributed by atoms with Crippen molar-refractivity contribution in [1.82, 2.24) is 0 Å². The Balaban J connectivity index is 2.11. The van der Waals surface area contributed by atoms with E-state index in [1.165, 1.54) is 11.1 Å². The van der Waals surface area contributed by atoms with Gasteiger partial charge in [-0.2, -0.15) is 0 Å². The maximum Gasteiger partial charge on any atom is 0.186 e. The van der Waals surface area contributed by atoms with Crippen molar-refractivity contribution in [1.29, 1.82) is 0 Å². The number of hydrogen-bond donors (Lipinski definition) is 0. The molecule has 2 nitrogen and oxygen atoms in total. The zero-order valence-electron chi connectivity index (χ0n) is 13.3. The Kier molecular flexibility index (Phi) is 2.78. The van der Waals surface area contributed by atoms with Crippen molar-refractivity contribution in [2.75, 3.05) is 0 Å². The molecule has 1 atom stereocenters.